The number of carbonyl (C=O) groups is 2. The molecule has 1 saturated heterocycles. The van der Waals surface area contributed by atoms with E-state index in [1.54, 1.807) is 32.0 Å². The van der Waals surface area contributed by atoms with E-state index in [2.05, 4.69) is 15.9 Å². The molecule has 0 aromatic heterocycles. The van der Waals surface area contributed by atoms with E-state index in [0.717, 1.165) is 0 Å². The van der Waals surface area contributed by atoms with Crippen LogP contribution in [0, 0.1) is 11.8 Å². The van der Waals surface area contributed by atoms with Gasteiger partial charge in [-0.05, 0) is 34.1 Å². The number of nitrogens with zero attached hydrogens (tertiary/aromatic N) is 1. The van der Waals surface area contributed by atoms with E-state index >= 15 is 0 Å². The third kappa shape index (κ3) is 2.30. The van der Waals surface area contributed by atoms with Gasteiger partial charge in [-0.15, -0.1) is 0 Å². The maximum atomic E-state index is 12.1. The van der Waals surface area contributed by atoms with Gasteiger partial charge in [0.25, 0.3) is 0 Å². The van der Waals surface area contributed by atoms with Crippen LogP contribution in [-0.2, 0) is 9.59 Å². The molecule has 2 N–H and O–H groups in total. The molecule has 19 heavy (non-hydrogen) atoms. The molecule has 0 radical (unpaired) electrons. The summed E-state index contributed by atoms with van der Waals surface area (Å²) in [5.74, 6) is -0.952. The fraction of sp³-hybridized carbons (Fsp3) is 0.308. The number of halogens is 1. The van der Waals surface area contributed by atoms with E-state index in [1.165, 1.54) is 4.90 Å². The van der Waals surface area contributed by atoms with Gasteiger partial charge < -0.3 is 5.73 Å². The molecule has 0 saturated carbocycles. The van der Waals surface area contributed by atoms with Crippen molar-refractivity contribution < 1.29 is 9.59 Å². The summed E-state index contributed by atoms with van der Waals surface area (Å²) in [5, 5.41) is 0. The number of thiocarbonyl (C=S) groups is 1. The SMILES string of the molecule is CC1C(=O)N(c2ccc(C(N)=S)cc2Br)C(=O)C1C. The van der Waals surface area contributed by atoms with Gasteiger partial charge in [0.05, 0.1) is 5.69 Å². The number of rotatable bonds is 2. The topological polar surface area (TPSA) is 63.4 Å². The van der Waals surface area contributed by atoms with Gasteiger partial charge in [0.2, 0.25) is 11.8 Å². The van der Waals surface area contributed by atoms with Crippen molar-refractivity contribution in [1.29, 1.82) is 0 Å². The number of hydrogen-bond acceptors (Lipinski definition) is 3. The van der Waals surface area contributed by atoms with Gasteiger partial charge in [-0.25, -0.2) is 4.90 Å². The molecule has 1 fully saturated rings. The van der Waals surface area contributed by atoms with Crippen molar-refractivity contribution in [3.8, 4) is 0 Å². The number of imide groups is 1. The molecule has 6 heteroatoms. The lowest BCUT2D eigenvalue weighted by molar-refractivity contribution is -0.122. The Morgan fingerprint density at radius 1 is 1.26 bits per heavy atom. The van der Waals surface area contributed by atoms with Gasteiger partial charge in [-0.3, -0.25) is 9.59 Å². The van der Waals surface area contributed by atoms with Crippen LogP contribution in [0.2, 0.25) is 0 Å². The summed E-state index contributed by atoms with van der Waals surface area (Å²) in [4.78, 5) is 25.8. The van der Waals surface area contributed by atoms with Crippen LogP contribution < -0.4 is 10.6 Å². The zero-order chi connectivity index (χ0) is 14.3. The fourth-order valence-corrected chi connectivity index (χ4v) is 2.71. The van der Waals surface area contributed by atoms with Crippen LogP contribution in [0.25, 0.3) is 0 Å². The number of benzene rings is 1. The van der Waals surface area contributed by atoms with Crippen LogP contribution in [0.4, 0.5) is 5.69 Å². The molecule has 1 aromatic rings. The quantitative estimate of drug-likeness (QED) is 0.662. The molecular formula is C13H13BrN2O2S. The maximum Gasteiger partial charge on any atom is 0.237 e. The minimum atomic E-state index is -0.297. The molecule has 2 amide bonds. The highest BCUT2D eigenvalue weighted by molar-refractivity contribution is 9.10. The van der Waals surface area contributed by atoms with Crippen molar-refractivity contribution in [2.75, 3.05) is 4.90 Å². The molecule has 2 unspecified atom stereocenters. The van der Waals surface area contributed by atoms with Crippen molar-refractivity contribution in [3.05, 3.63) is 28.2 Å². The summed E-state index contributed by atoms with van der Waals surface area (Å²) in [6.07, 6.45) is 0. The second kappa shape index (κ2) is 5.02. The standard InChI is InChI=1S/C13H13BrN2O2S/c1-6-7(2)13(18)16(12(6)17)10-4-3-8(11(15)19)5-9(10)14/h3-7H,1-2H3,(H2,15,19). The molecule has 2 atom stereocenters. The van der Waals surface area contributed by atoms with E-state index in [4.69, 9.17) is 18.0 Å². The highest BCUT2D eigenvalue weighted by atomic mass is 79.9. The van der Waals surface area contributed by atoms with Gasteiger partial charge in [0.15, 0.2) is 0 Å². The molecule has 0 spiro atoms. The van der Waals surface area contributed by atoms with Crippen LogP contribution in [0.3, 0.4) is 0 Å². The number of amides is 2. The highest BCUT2D eigenvalue weighted by Gasteiger charge is 2.43. The zero-order valence-corrected chi connectivity index (χ0v) is 12.9. The Labute approximate surface area is 125 Å². The zero-order valence-electron chi connectivity index (χ0n) is 10.5. The molecule has 1 heterocycles. The largest absolute Gasteiger partial charge is 0.389 e. The second-order valence-corrected chi connectivity index (χ2v) is 5.91. The Bertz CT molecular complexity index is 568. The first-order valence-corrected chi connectivity index (χ1v) is 7.02. The first kappa shape index (κ1) is 14.1. The van der Waals surface area contributed by atoms with E-state index < -0.39 is 0 Å². The number of anilines is 1. The molecule has 0 aliphatic carbocycles. The summed E-state index contributed by atoms with van der Waals surface area (Å²) in [7, 11) is 0. The predicted molar refractivity (Wildman–Crippen MR) is 80.9 cm³/mol. The van der Waals surface area contributed by atoms with Crippen molar-refractivity contribution in [2.24, 2.45) is 17.6 Å². The number of hydrogen-bond donors (Lipinski definition) is 1. The van der Waals surface area contributed by atoms with Gasteiger partial charge >= 0.3 is 0 Å². The van der Waals surface area contributed by atoms with Gasteiger partial charge in [0.1, 0.15) is 4.99 Å². The first-order valence-electron chi connectivity index (χ1n) is 5.81. The first-order chi connectivity index (χ1) is 8.84. The predicted octanol–water partition coefficient (Wildman–Crippen LogP) is 2.23. The minimum Gasteiger partial charge on any atom is -0.389 e. The summed E-state index contributed by atoms with van der Waals surface area (Å²) < 4.78 is 0.626. The van der Waals surface area contributed by atoms with E-state index in [9.17, 15) is 9.59 Å². The van der Waals surface area contributed by atoms with Crippen molar-refractivity contribution >= 4 is 50.6 Å². The number of carbonyl (C=O) groups excluding carboxylic acids is 2. The maximum absolute atomic E-state index is 12.1. The molecule has 1 aromatic carbocycles. The minimum absolute atomic E-state index is 0.179. The normalized spacial score (nSPS) is 23.0. The monoisotopic (exact) mass is 340 g/mol. The van der Waals surface area contributed by atoms with Crippen LogP contribution in [0.5, 0.6) is 0 Å². The van der Waals surface area contributed by atoms with Crippen LogP contribution in [0.1, 0.15) is 19.4 Å². The molecule has 4 nitrogen and oxygen atoms in total. The molecular weight excluding hydrogens is 328 g/mol. The molecule has 2 rings (SSSR count). The Kier molecular flexibility index (Phi) is 3.73. The average molecular weight is 341 g/mol. The Hall–Kier alpha value is -1.27. The van der Waals surface area contributed by atoms with E-state index in [1.807, 2.05) is 0 Å². The van der Waals surface area contributed by atoms with Gasteiger partial charge in [-0.2, -0.15) is 0 Å². The lowest BCUT2D eigenvalue weighted by atomic mass is 10.00. The summed E-state index contributed by atoms with van der Waals surface area (Å²) in [6.45, 7) is 3.53. The van der Waals surface area contributed by atoms with Crippen LogP contribution >= 0.6 is 28.1 Å². The van der Waals surface area contributed by atoms with Crippen molar-refractivity contribution in [1.82, 2.24) is 0 Å². The third-order valence-corrected chi connectivity index (χ3v) is 4.31. The van der Waals surface area contributed by atoms with E-state index in [0.29, 0.717) is 15.7 Å². The van der Waals surface area contributed by atoms with E-state index in [-0.39, 0.29) is 28.6 Å². The Morgan fingerprint density at radius 3 is 2.21 bits per heavy atom. The van der Waals surface area contributed by atoms with Crippen LogP contribution in [-0.4, -0.2) is 16.8 Å². The Morgan fingerprint density at radius 2 is 1.79 bits per heavy atom. The summed E-state index contributed by atoms with van der Waals surface area (Å²) in [6, 6.07) is 5.10. The lowest BCUT2D eigenvalue weighted by Crippen LogP contribution is -2.31. The molecule has 1 aliphatic rings. The average Bonchev–Trinajstić information content (AvgIpc) is 2.55. The summed E-state index contributed by atoms with van der Waals surface area (Å²) >= 11 is 8.25. The molecule has 100 valence electrons. The van der Waals surface area contributed by atoms with Gasteiger partial charge in [0, 0.05) is 21.9 Å². The third-order valence-electron chi connectivity index (χ3n) is 3.44. The number of nitrogens with two attached hydrogens (primary N) is 1. The van der Waals surface area contributed by atoms with Gasteiger partial charge in [-0.1, -0.05) is 26.1 Å². The van der Waals surface area contributed by atoms with Crippen molar-refractivity contribution in [3.63, 3.8) is 0 Å². The summed E-state index contributed by atoms with van der Waals surface area (Å²) in [5.41, 5.74) is 6.77. The second-order valence-electron chi connectivity index (χ2n) is 4.62. The highest BCUT2D eigenvalue weighted by Crippen LogP contribution is 2.35. The smallest absolute Gasteiger partial charge is 0.237 e. The van der Waals surface area contributed by atoms with Crippen LogP contribution in [0.15, 0.2) is 22.7 Å². The molecule has 1 aliphatic heterocycles. The Balaban J connectivity index is 2.46. The molecule has 0 bridgehead atoms. The lowest BCUT2D eigenvalue weighted by Gasteiger charge is -2.17. The van der Waals surface area contributed by atoms with Crippen molar-refractivity contribution in [2.45, 2.75) is 13.8 Å². The fourth-order valence-electron chi connectivity index (χ4n) is 2.02.